The van der Waals surface area contributed by atoms with E-state index in [9.17, 15) is 4.79 Å². The summed E-state index contributed by atoms with van der Waals surface area (Å²) in [7, 11) is 0. The van der Waals surface area contributed by atoms with Gasteiger partial charge in [0.2, 0.25) is 0 Å². The van der Waals surface area contributed by atoms with E-state index in [1.54, 1.807) is 4.57 Å². The van der Waals surface area contributed by atoms with E-state index in [0.717, 1.165) is 23.9 Å². The van der Waals surface area contributed by atoms with E-state index in [-0.39, 0.29) is 5.76 Å². The highest BCUT2D eigenvalue weighted by atomic mass is 16.4. The first-order chi connectivity index (χ1) is 7.86. The Balaban J connectivity index is 2.39. The topological polar surface area (TPSA) is 35.1 Å². The second-order valence-electron chi connectivity index (χ2n) is 3.77. The van der Waals surface area contributed by atoms with E-state index in [1.807, 2.05) is 42.5 Å². The van der Waals surface area contributed by atoms with Crippen LogP contribution in [-0.2, 0) is 0 Å². The molecule has 0 radical (unpaired) electrons. The molecule has 16 heavy (non-hydrogen) atoms. The molecular weight excluding hydrogens is 202 g/mol. The lowest BCUT2D eigenvalue weighted by Gasteiger charge is -2.00. The van der Waals surface area contributed by atoms with Crippen molar-refractivity contribution in [1.82, 2.24) is 4.57 Å². The molecule has 0 amide bonds. The Hall–Kier alpha value is -2.03. The summed E-state index contributed by atoms with van der Waals surface area (Å²) < 4.78 is 6.83. The maximum absolute atomic E-state index is 11.8. The van der Waals surface area contributed by atoms with Crippen molar-refractivity contribution < 1.29 is 4.42 Å². The maximum Gasteiger partial charge on any atom is 0.424 e. The van der Waals surface area contributed by atoms with Gasteiger partial charge in [0.05, 0.1) is 11.0 Å². The molecule has 1 aliphatic rings. The standard InChI is InChI=1S/C13H11NO2/c15-13-14(10-6-2-1-3-7-10)11-8-4-5-9-12(11)16-13/h1-3,6-9H,4-5H2. The molecule has 1 heterocycles. The maximum atomic E-state index is 11.8. The number of benzene rings is 1. The zero-order valence-electron chi connectivity index (χ0n) is 8.72. The second kappa shape index (κ2) is 3.52. The van der Waals surface area contributed by atoms with Gasteiger partial charge < -0.3 is 4.42 Å². The van der Waals surface area contributed by atoms with Crippen LogP contribution in [0, 0.1) is 0 Å². The van der Waals surface area contributed by atoms with E-state index in [4.69, 9.17) is 4.42 Å². The Labute approximate surface area is 91.9 Å². The van der Waals surface area contributed by atoms with Crippen molar-refractivity contribution in [3.63, 3.8) is 0 Å². The summed E-state index contributed by atoms with van der Waals surface area (Å²) in [6.45, 7) is 0. The highest BCUT2D eigenvalue weighted by molar-refractivity contribution is 5.38. The number of nitrogens with zero attached hydrogens (tertiary/aromatic N) is 1. The van der Waals surface area contributed by atoms with E-state index in [0.29, 0.717) is 5.42 Å². The molecule has 1 aliphatic carbocycles. The van der Waals surface area contributed by atoms with Crippen LogP contribution < -0.4 is 16.5 Å². The third kappa shape index (κ3) is 1.33. The first kappa shape index (κ1) is 9.21. The zero-order chi connectivity index (χ0) is 11.0. The third-order valence-electron chi connectivity index (χ3n) is 2.72. The molecule has 80 valence electrons. The SMILES string of the molecule is O=c1oc2c(n1-c1ccccc1)=CCCC=2. The Morgan fingerprint density at radius 3 is 2.62 bits per heavy atom. The number of hydrogen-bond donors (Lipinski definition) is 0. The molecule has 0 bridgehead atoms. The van der Waals surface area contributed by atoms with Crippen LogP contribution >= 0.6 is 0 Å². The molecule has 3 rings (SSSR count). The van der Waals surface area contributed by atoms with Gasteiger partial charge in [-0.1, -0.05) is 24.3 Å². The molecule has 0 fully saturated rings. The van der Waals surface area contributed by atoms with Crippen molar-refractivity contribution in [2.75, 3.05) is 0 Å². The number of para-hydroxylation sites is 1. The van der Waals surface area contributed by atoms with Crippen LogP contribution in [-0.4, -0.2) is 4.57 Å². The number of fused-ring (bicyclic) bond motifs is 1. The molecule has 0 aliphatic heterocycles. The second-order valence-corrected chi connectivity index (χ2v) is 3.77. The Kier molecular flexibility index (Phi) is 2.03. The average molecular weight is 213 g/mol. The molecule has 1 aromatic carbocycles. The Bertz CT molecular complexity index is 677. The lowest BCUT2D eigenvalue weighted by Crippen LogP contribution is -2.32. The molecule has 0 spiro atoms. The first-order valence-corrected chi connectivity index (χ1v) is 5.34. The molecule has 0 atom stereocenters. The van der Waals surface area contributed by atoms with Crippen LogP contribution in [0.5, 0.6) is 0 Å². The van der Waals surface area contributed by atoms with Crippen molar-refractivity contribution in [1.29, 1.82) is 0 Å². The first-order valence-electron chi connectivity index (χ1n) is 5.34. The number of rotatable bonds is 1. The minimum atomic E-state index is -0.314. The number of hydrogen-bond acceptors (Lipinski definition) is 2. The van der Waals surface area contributed by atoms with Gasteiger partial charge >= 0.3 is 5.76 Å². The summed E-state index contributed by atoms with van der Waals surface area (Å²) in [6.07, 6.45) is 5.91. The minimum absolute atomic E-state index is 0.314. The van der Waals surface area contributed by atoms with Crippen molar-refractivity contribution in [3.8, 4) is 5.69 Å². The van der Waals surface area contributed by atoms with Gasteiger partial charge in [-0.15, -0.1) is 0 Å². The number of oxazole rings is 1. The average Bonchev–Trinajstić information content (AvgIpc) is 2.66. The molecule has 0 unspecified atom stereocenters. The minimum Gasteiger partial charge on any atom is -0.408 e. The van der Waals surface area contributed by atoms with Crippen LogP contribution in [0.3, 0.4) is 0 Å². The van der Waals surface area contributed by atoms with E-state index >= 15 is 0 Å². The summed E-state index contributed by atoms with van der Waals surface area (Å²) in [5.41, 5.74) is 1.55. The van der Waals surface area contributed by atoms with Crippen LogP contribution in [0.1, 0.15) is 12.8 Å². The Morgan fingerprint density at radius 1 is 1.06 bits per heavy atom. The summed E-state index contributed by atoms with van der Waals surface area (Å²) in [6, 6.07) is 9.55. The molecule has 3 heteroatoms. The molecule has 0 saturated carbocycles. The number of aromatic nitrogens is 1. The molecular formula is C13H11NO2. The van der Waals surface area contributed by atoms with Gasteiger partial charge in [-0.05, 0) is 31.1 Å². The predicted octanol–water partition coefficient (Wildman–Crippen LogP) is 0.785. The monoisotopic (exact) mass is 213 g/mol. The van der Waals surface area contributed by atoms with E-state index in [2.05, 4.69) is 0 Å². The van der Waals surface area contributed by atoms with Crippen LogP contribution in [0.2, 0.25) is 0 Å². The van der Waals surface area contributed by atoms with Crippen LogP contribution in [0.4, 0.5) is 0 Å². The van der Waals surface area contributed by atoms with Gasteiger partial charge in [0.15, 0.2) is 5.42 Å². The van der Waals surface area contributed by atoms with Crippen molar-refractivity contribution in [3.05, 3.63) is 51.6 Å². The molecule has 2 aromatic rings. The fraction of sp³-hybridized carbons (Fsp3) is 0.154. The van der Waals surface area contributed by atoms with Crippen molar-refractivity contribution >= 4 is 12.2 Å². The van der Waals surface area contributed by atoms with E-state index < -0.39 is 0 Å². The zero-order valence-corrected chi connectivity index (χ0v) is 8.72. The quantitative estimate of drug-likeness (QED) is 0.702. The normalized spacial score (nSPS) is 13.8. The largest absolute Gasteiger partial charge is 0.424 e. The lowest BCUT2D eigenvalue weighted by molar-refractivity contribution is 0.476. The summed E-state index contributed by atoms with van der Waals surface area (Å²) in [5, 5.41) is 0.877. The van der Waals surface area contributed by atoms with Crippen LogP contribution in [0.15, 0.2) is 39.5 Å². The van der Waals surface area contributed by atoms with E-state index in [1.165, 1.54) is 0 Å². The van der Waals surface area contributed by atoms with Gasteiger partial charge in [0.1, 0.15) is 0 Å². The highest BCUT2D eigenvalue weighted by Crippen LogP contribution is 2.01. The van der Waals surface area contributed by atoms with Gasteiger partial charge in [-0.3, -0.25) is 0 Å². The molecule has 3 nitrogen and oxygen atoms in total. The van der Waals surface area contributed by atoms with Gasteiger partial charge in [-0.25, -0.2) is 9.36 Å². The summed E-state index contributed by atoms with van der Waals surface area (Å²) >= 11 is 0. The van der Waals surface area contributed by atoms with Crippen molar-refractivity contribution in [2.24, 2.45) is 0 Å². The predicted molar refractivity (Wildman–Crippen MR) is 61.7 cm³/mol. The van der Waals surface area contributed by atoms with Crippen molar-refractivity contribution in [2.45, 2.75) is 12.8 Å². The smallest absolute Gasteiger partial charge is 0.408 e. The highest BCUT2D eigenvalue weighted by Gasteiger charge is 2.08. The van der Waals surface area contributed by atoms with Gasteiger partial charge in [0, 0.05) is 0 Å². The fourth-order valence-corrected chi connectivity index (χ4v) is 1.99. The van der Waals surface area contributed by atoms with Gasteiger partial charge in [0.25, 0.3) is 0 Å². The molecule has 1 aromatic heterocycles. The molecule has 0 N–H and O–H groups in total. The van der Waals surface area contributed by atoms with Crippen LogP contribution in [0.25, 0.3) is 17.8 Å². The fourth-order valence-electron chi connectivity index (χ4n) is 1.99. The lowest BCUT2D eigenvalue weighted by atomic mass is 10.2. The Morgan fingerprint density at radius 2 is 1.81 bits per heavy atom. The third-order valence-corrected chi connectivity index (χ3v) is 2.72. The summed E-state index contributed by atoms with van der Waals surface area (Å²) in [4.78, 5) is 11.8. The molecule has 0 saturated heterocycles. The summed E-state index contributed by atoms with van der Waals surface area (Å²) in [5.74, 6) is -0.314. The van der Waals surface area contributed by atoms with Gasteiger partial charge in [-0.2, -0.15) is 0 Å².